The largest absolute Gasteiger partial charge is 0.369 e. The van der Waals surface area contributed by atoms with Gasteiger partial charge in [-0.15, -0.1) is 0 Å². The van der Waals surface area contributed by atoms with E-state index >= 15 is 0 Å². The lowest BCUT2D eigenvalue weighted by Crippen LogP contribution is -2.40. The number of likely N-dealkylation sites (tertiary alicyclic amines) is 1. The zero-order valence-electron chi connectivity index (χ0n) is 9.82. The van der Waals surface area contributed by atoms with Crippen LogP contribution in [0.2, 0.25) is 0 Å². The Balaban J connectivity index is 2.07. The van der Waals surface area contributed by atoms with Crippen molar-refractivity contribution in [1.82, 2.24) is 4.90 Å². The molecule has 0 atom stereocenters. The van der Waals surface area contributed by atoms with E-state index in [9.17, 15) is 0 Å². The molecule has 16 heavy (non-hydrogen) atoms. The molecule has 0 bridgehead atoms. The van der Waals surface area contributed by atoms with Crippen molar-refractivity contribution in [3.05, 3.63) is 29.8 Å². The predicted molar refractivity (Wildman–Crippen MR) is 67.9 cm³/mol. The highest BCUT2D eigenvalue weighted by Gasteiger charge is 2.11. The lowest BCUT2D eigenvalue weighted by atomic mass is 10.1. The van der Waals surface area contributed by atoms with Crippen molar-refractivity contribution < 1.29 is 0 Å². The molecule has 0 aromatic heterocycles. The molecule has 1 heterocycles. The number of piperidine rings is 1. The number of aliphatic imine (C=N–C) groups is 1. The smallest absolute Gasteiger partial charge is 0.196 e. The number of aryl methyl sites for hydroxylation is 1. The second-order valence-corrected chi connectivity index (χ2v) is 4.35. The first-order valence-electron chi connectivity index (χ1n) is 5.91. The lowest BCUT2D eigenvalue weighted by molar-refractivity contribution is 0.339. The minimum absolute atomic E-state index is 0.656. The van der Waals surface area contributed by atoms with E-state index in [0.717, 1.165) is 18.8 Å². The Kier molecular flexibility index (Phi) is 3.44. The van der Waals surface area contributed by atoms with Crippen molar-refractivity contribution in [2.45, 2.75) is 26.2 Å². The van der Waals surface area contributed by atoms with Crippen LogP contribution >= 0.6 is 0 Å². The SMILES string of the molecule is Cc1ccc(N=C(N)N2CCCCC2)cc1. The van der Waals surface area contributed by atoms with Gasteiger partial charge in [-0.1, -0.05) is 17.7 Å². The van der Waals surface area contributed by atoms with Crippen LogP contribution in [0.3, 0.4) is 0 Å². The van der Waals surface area contributed by atoms with Gasteiger partial charge in [0.25, 0.3) is 0 Å². The van der Waals surface area contributed by atoms with E-state index in [1.165, 1.54) is 24.8 Å². The van der Waals surface area contributed by atoms with Crippen molar-refractivity contribution in [2.75, 3.05) is 13.1 Å². The molecule has 1 aliphatic rings. The molecule has 0 spiro atoms. The molecule has 0 unspecified atom stereocenters. The summed E-state index contributed by atoms with van der Waals surface area (Å²) in [5, 5.41) is 0. The molecular formula is C13H19N3. The molecule has 2 N–H and O–H groups in total. The van der Waals surface area contributed by atoms with Gasteiger partial charge >= 0.3 is 0 Å². The predicted octanol–water partition coefficient (Wildman–Crippen LogP) is 2.43. The standard InChI is InChI=1S/C13H19N3/c1-11-5-7-12(8-6-11)15-13(14)16-9-3-2-4-10-16/h5-8H,2-4,9-10H2,1H3,(H2,14,15). The second kappa shape index (κ2) is 5.01. The number of hydrogen-bond acceptors (Lipinski definition) is 1. The normalized spacial score (nSPS) is 17.6. The zero-order chi connectivity index (χ0) is 11.4. The molecule has 1 aliphatic heterocycles. The highest BCUT2D eigenvalue weighted by molar-refractivity contribution is 5.81. The highest BCUT2D eigenvalue weighted by Crippen LogP contribution is 2.14. The number of benzene rings is 1. The van der Waals surface area contributed by atoms with Gasteiger partial charge in [0.15, 0.2) is 5.96 Å². The summed E-state index contributed by atoms with van der Waals surface area (Å²) in [5.74, 6) is 0.656. The summed E-state index contributed by atoms with van der Waals surface area (Å²) in [7, 11) is 0. The van der Waals surface area contributed by atoms with E-state index in [2.05, 4.69) is 28.9 Å². The maximum atomic E-state index is 5.99. The molecule has 0 saturated carbocycles. The van der Waals surface area contributed by atoms with Crippen LogP contribution in [0.5, 0.6) is 0 Å². The van der Waals surface area contributed by atoms with Crippen molar-refractivity contribution >= 4 is 11.6 Å². The maximum absolute atomic E-state index is 5.99. The van der Waals surface area contributed by atoms with Crippen LogP contribution in [0.25, 0.3) is 0 Å². The molecule has 0 radical (unpaired) electrons. The summed E-state index contributed by atoms with van der Waals surface area (Å²) in [6, 6.07) is 8.13. The number of rotatable bonds is 1. The molecule has 1 aromatic rings. The molecule has 3 nitrogen and oxygen atoms in total. The lowest BCUT2D eigenvalue weighted by Gasteiger charge is -2.27. The van der Waals surface area contributed by atoms with Crippen LogP contribution < -0.4 is 5.73 Å². The van der Waals surface area contributed by atoms with Gasteiger partial charge in [-0.05, 0) is 38.3 Å². The minimum atomic E-state index is 0.656. The highest BCUT2D eigenvalue weighted by atomic mass is 15.2. The molecule has 2 rings (SSSR count). The van der Waals surface area contributed by atoms with Gasteiger partial charge < -0.3 is 10.6 Å². The summed E-state index contributed by atoms with van der Waals surface area (Å²) >= 11 is 0. The Bertz CT molecular complexity index is 361. The van der Waals surface area contributed by atoms with Crippen LogP contribution in [0.15, 0.2) is 29.3 Å². The van der Waals surface area contributed by atoms with Crippen molar-refractivity contribution in [2.24, 2.45) is 10.7 Å². The average Bonchev–Trinajstić information content (AvgIpc) is 2.33. The summed E-state index contributed by atoms with van der Waals surface area (Å²) in [4.78, 5) is 6.61. The Morgan fingerprint density at radius 2 is 1.75 bits per heavy atom. The molecule has 1 fully saturated rings. The third-order valence-electron chi connectivity index (χ3n) is 2.96. The fourth-order valence-corrected chi connectivity index (χ4v) is 1.95. The molecule has 86 valence electrons. The molecule has 3 heteroatoms. The average molecular weight is 217 g/mol. The van der Waals surface area contributed by atoms with Gasteiger partial charge in [0.2, 0.25) is 0 Å². The van der Waals surface area contributed by atoms with Crippen LogP contribution in [-0.2, 0) is 0 Å². The van der Waals surface area contributed by atoms with E-state index < -0.39 is 0 Å². The molecule has 0 amide bonds. The molecule has 1 aromatic carbocycles. The van der Waals surface area contributed by atoms with E-state index in [-0.39, 0.29) is 0 Å². The van der Waals surface area contributed by atoms with Gasteiger partial charge in [0.05, 0.1) is 5.69 Å². The summed E-state index contributed by atoms with van der Waals surface area (Å²) in [6.45, 7) is 4.16. The Morgan fingerprint density at radius 3 is 2.38 bits per heavy atom. The fraction of sp³-hybridized carbons (Fsp3) is 0.462. The molecular weight excluding hydrogens is 198 g/mol. The van der Waals surface area contributed by atoms with Crippen LogP contribution in [-0.4, -0.2) is 23.9 Å². The monoisotopic (exact) mass is 217 g/mol. The first-order valence-corrected chi connectivity index (χ1v) is 5.91. The van der Waals surface area contributed by atoms with Crippen molar-refractivity contribution in [3.8, 4) is 0 Å². The third kappa shape index (κ3) is 2.75. The molecule has 0 aliphatic carbocycles. The fourth-order valence-electron chi connectivity index (χ4n) is 1.95. The molecule has 1 saturated heterocycles. The van der Waals surface area contributed by atoms with E-state index in [1.807, 2.05) is 12.1 Å². The van der Waals surface area contributed by atoms with Gasteiger partial charge in [0.1, 0.15) is 0 Å². The first-order chi connectivity index (χ1) is 7.75. The summed E-state index contributed by atoms with van der Waals surface area (Å²) in [5.41, 5.74) is 8.18. The van der Waals surface area contributed by atoms with Gasteiger partial charge in [-0.25, -0.2) is 4.99 Å². The number of nitrogens with zero attached hydrogens (tertiary/aromatic N) is 2. The Labute approximate surface area is 97.0 Å². The third-order valence-corrected chi connectivity index (χ3v) is 2.96. The van der Waals surface area contributed by atoms with E-state index in [4.69, 9.17) is 5.73 Å². The topological polar surface area (TPSA) is 41.6 Å². The van der Waals surface area contributed by atoms with Crippen LogP contribution in [0.4, 0.5) is 5.69 Å². The van der Waals surface area contributed by atoms with Crippen LogP contribution in [0, 0.1) is 6.92 Å². The maximum Gasteiger partial charge on any atom is 0.196 e. The second-order valence-electron chi connectivity index (χ2n) is 4.35. The van der Waals surface area contributed by atoms with E-state index in [0.29, 0.717) is 5.96 Å². The number of hydrogen-bond donors (Lipinski definition) is 1. The zero-order valence-corrected chi connectivity index (χ0v) is 9.82. The quantitative estimate of drug-likeness (QED) is 0.580. The first kappa shape index (κ1) is 11.0. The summed E-state index contributed by atoms with van der Waals surface area (Å²) < 4.78 is 0. The van der Waals surface area contributed by atoms with Crippen LogP contribution in [0.1, 0.15) is 24.8 Å². The van der Waals surface area contributed by atoms with Gasteiger partial charge in [-0.2, -0.15) is 0 Å². The number of nitrogens with two attached hydrogens (primary N) is 1. The van der Waals surface area contributed by atoms with Crippen molar-refractivity contribution in [3.63, 3.8) is 0 Å². The minimum Gasteiger partial charge on any atom is -0.369 e. The van der Waals surface area contributed by atoms with E-state index in [1.54, 1.807) is 0 Å². The Morgan fingerprint density at radius 1 is 1.12 bits per heavy atom. The van der Waals surface area contributed by atoms with Gasteiger partial charge in [-0.3, -0.25) is 0 Å². The van der Waals surface area contributed by atoms with Crippen molar-refractivity contribution in [1.29, 1.82) is 0 Å². The Hall–Kier alpha value is -1.51. The summed E-state index contributed by atoms with van der Waals surface area (Å²) in [6.07, 6.45) is 3.77. The number of guanidine groups is 1. The van der Waals surface area contributed by atoms with Gasteiger partial charge in [0, 0.05) is 13.1 Å².